The van der Waals surface area contributed by atoms with E-state index in [9.17, 15) is 9.59 Å². The predicted octanol–water partition coefficient (Wildman–Crippen LogP) is 4.54. The fraction of sp³-hybridized carbons (Fsp3) is 0.333. The van der Waals surface area contributed by atoms with Gasteiger partial charge in [0, 0.05) is 43.5 Å². The molecule has 1 saturated heterocycles. The summed E-state index contributed by atoms with van der Waals surface area (Å²) in [5, 5.41) is 11.7. The minimum Gasteiger partial charge on any atom is -0.416 e. The van der Waals surface area contributed by atoms with Crippen LogP contribution in [0, 0.1) is 0 Å². The number of carbonyl (C=O) groups excluding carboxylic acids is 2. The van der Waals surface area contributed by atoms with Crippen LogP contribution in [-0.4, -0.2) is 58.8 Å². The molecule has 178 valence electrons. The zero-order valence-electron chi connectivity index (χ0n) is 19.0. The van der Waals surface area contributed by atoms with Crippen LogP contribution in [0.4, 0.5) is 11.4 Å². The van der Waals surface area contributed by atoms with Gasteiger partial charge in [-0.05, 0) is 36.4 Å². The van der Waals surface area contributed by atoms with Crippen LogP contribution in [0.1, 0.15) is 36.0 Å². The number of aromatic nitrogens is 2. The Kier molecular flexibility index (Phi) is 7.74. The molecule has 3 aromatic rings. The number of rotatable bonds is 7. The molecule has 1 N–H and O–H groups in total. The SMILES string of the molecule is CC(C)c1nnc(SCC(=O)Nc2ccc(N3CCN(C(=O)c4ccccc4Cl)CC3)cc2)o1. The number of piperazine rings is 1. The summed E-state index contributed by atoms with van der Waals surface area (Å²) >= 11 is 7.39. The van der Waals surface area contributed by atoms with Crippen molar-refractivity contribution in [2.45, 2.75) is 25.0 Å². The van der Waals surface area contributed by atoms with Gasteiger partial charge in [0.25, 0.3) is 11.1 Å². The average Bonchev–Trinajstić information content (AvgIpc) is 3.33. The molecule has 10 heteroatoms. The average molecular weight is 500 g/mol. The van der Waals surface area contributed by atoms with Gasteiger partial charge in [0.2, 0.25) is 11.8 Å². The molecule has 4 rings (SSSR count). The van der Waals surface area contributed by atoms with E-state index in [1.165, 1.54) is 11.8 Å². The zero-order valence-corrected chi connectivity index (χ0v) is 20.6. The van der Waals surface area contributed by atoms with Crippen molar-refractivity contribution in [2.75, 3.05) is 42.1 Å². The Labute approximate surface area is 207 Å². The number of anilines is 2. The second kappa shape index (κ2) is 10.9. The maximum absolute atomic E-state index is 12.8. The smallest absolute Gasteiger partial charge is 0.277 e. The maximum Gasteiger partial charge on any atom is 0.277 e. The largest absolute Gasteiger partial charge is 0.416 e. The first-order valence-electron chi connectivity index (χ1n) is 11.1. The van der Waals surface area contributed by atoms with E-state index in [0.29, 0.717) is 34.8 Å². The van der Waals surface area contributed by atoms with Gasteiger partial charge in [-0.1, -0.05) is 49.3 Å². The monoisotopic (exact) mass is 499 g/mol. The molecule has 1 aliphatic rings. The number of nitrogens with one attached hydrogen (secondary N) is 1. The van der Waals surface area contributed by atoms with Gasteiger partial charge in [-0.15, -0.1) is 10.2 Å². The number of hydrogen-bond donors (Lipinski definition) is 1. The third-order valence-electron chi connectivity index (χ3n) is 5.43. The summed E-state index contributed by atoms with van der Waals surface area (Å²) < 4.78 is 5.51. The van der Waals surface area contributed by atoms with Gasteiger partial charge in [-0.3, -0.25) is 9.59 Å². The Morgan fingerprint density at radius 2 is 1.76 bits per heavy atom. The van der Waals surface area contributed by atoms with Crippen LogP contribution in [0.3, 0.4) is 0 Å². The van der Waals surface area contributed by atoms with Crippen molar-refractivity contribution in [2.24, 2.45) is 0 Å². The Morgan fingerprint density at radius 3 is 2.41 bits per heavy atom. The van der Waals surface area contributed by atoms with E-state index < -0.39 is 0 Å². The summed E-state index contributed by atoms with van der Waals surface area (Å²) in [7, 11) is 0. The quantitative estimate of drug-likeness (QED) is 0.477. The summed E-state index contributed by atoms with van der Waals surface area (Å²) in [6.07, 6.45) is 0. The highest BCUT2D eigenvalue weighted by molar-refractivity contribution is 7.99. The summed E-state index contributed by atoms with van der Waals surface area (Å²) in [4.78, 5) is 29.1. The standard InChI is InChI=1S/C24H26ClN5O3S/c1-16(2)22-27-28-24(33-22)34-15-21(31)26-17-7-9-18(10-8-17)29-11-13-30(14-12-29)23(32)19-5-3-4-6-20(19)25/h3-10,16H,11-15H2,1-2H3,(H,26,31). The molecule has 1 fully saturated rings. The van der Waals surface area contributed by atoms with Gasteiger partial charge in [-0.25, -0.2) is 0 Å². The van der Waals surface area contributed by atoms with Gasteiger partial charge in [0.05, 0.1) is 16.3 Å². The van der Waals surface area contributed by atoms with E-state index in [1.54, 1.807) is 12.1 Å². The van der Waals surface area contributed by atoms with Crippen molar-refractivity contribution in [3.8, 4) is 0 Å². The molecule has 0 spiro atoms. The highest BCUT2D eigenvalue weighted by atomic mass is 35.5. The first kappa shape index (κ1) is 24.1. The van der Waals surface area contributed by atoms with Crippen LogP contribution in [0.2, 0.25) is 5.02 Å². The Balaban J connectivity index is 1.25. The van der Waals surface area contributed by atoms with Crippen LogP contribution in [0.5, 0.6) is 0 Å². The molecule has 1 aromatic heterocycles. The molecule has 0 unspecified atom stereocenters. The van der Waals surface area contributed by atoms with Crippen molar-refractivity contribution in [1.29, 1.82) is 0 Å². The zero-order chi connectivity index (χ0) is 24.1. The highest BCUT2D eigenvalue weighted by Gasteiger charge is 2.23. The van der Waals surface area contributed by atoms with Crippen LogP contribution in [-0.2, 0) is 4.79 Å². The Morgan fingerprint density at radius 1 is 1.06 bits per heavy atom. The molecule has 2 amide bonds. The number of amides is 2. The molecule has 0 radical (unpaired) electrons. The number of nitrogens with zero attached hydrogens (tertiary/aromatic N) is 4. The predicted molar refractivity (Wildman–Crippen MR) is 134 cm³/mol. The molecule has 0 aliphatic carbocycles. The molecule has 8 nitrogen and oxygen atoms in total. The maximum atomic E-state index is 12.8. The summed E-state index contributed by atoms with van der Waals surface area (Å²) in [5.74, 6) is 0.714. The van der Waals surface area contributed by atoms with E-state index >= 15 is 0 Å². The third-order valence-corrected chi connectivity index (χ3v) is 6.58. The van der Waals surface area contributed by atoms with Gasteiger partial charge in [-0.2, -0.15) is 0 Å². The number of benzene rings is 2. The van der Waals surface area contributed by atoms with E-state index in [0.717, 1.165) is 24.5 Å². The summed E-state index contributed by atoms with van der Waals surface area (Å²) in [6.45, 7) is 6.63. The van der Waals surface area contributed by atoms with Gasteiger partial charge < -0.3 is 19.5 Å². The Bertz CT molecular complexity index is 1140. The molecule has 2 heterocycles. The first-order chi connectivity index (χ1) is 16.4. The molecule has 0 bridgehead atoms. The van der Waals surface area contributed by atoms with Crippen LogP contribution in [0.15, 0.2) is 58.2 Å². The van der Waals surface area contributed by atoms with Crippen molar-refractivity contribution < 1.29 is 14.0 Å². The van der Waals surface area contributed by atoms with Crippen LogP contribution < -0.4 is 10.2 Å². The first-order valence-corrected chi connectivity index (χ1v) is 12.4. The topological polar surface area (TPSA) is 91.6 Å². The lowest BCUT2D eigenvalue weighted by atomic mass is 10.1. The van der Waals surface area contributed by atoms with E-state index in [-0.39, 0.29) is 23.5 Å². The fourth-order valence-electron chi connectivity index (χ4n) is 3.56. The lowest BCUT2D eigenvalue weighted by Crippen LogP contribution is -2.48. The van der Waals surface area contributed by atoms with Crippen molar-refractivity contribution in [1.82, 2.24) is 15.1 Å². The molecule has 34 heavy (non-hydrogen) atoms. The third kappa shape index (κ3) is 5.90. The molecule has 2 aromatic carbocycles. The van der Waals surface area contributed by atoms with Gasteiger partial charge >= 0.3 is 0 Å². The molecule has 0 saturated carbocycles. The molecule has 1 aliphatic heterocycles. The fourth-order valence-corrected chi connectivity index (χ4v) is 4.35. The highest BCUT2D eigenvalue weighted by Crippen LogP contribution is 2.23. The minimum atomic E-state index is -0.145. The van der Waals surface area contributed by atoms with E-state index in [1.807, 2.05) is 55.1 Å². The number of thioether (sulfide) groups is 1. The van der Waals surface area contributed by atoms with E-state index in [2.05, 4.69) is 20.4 Å². The van der Waals surface area contributed by atoms with Crippen molar-refractivity contribution in [3.05, 3.63) is 65.0 Å². The van der Waals surface area contributed by atoms with Crippen LogP contribution >= 0.6 is 23.4 Å². The second-order valence-corrected chi connectivity index (χ2v) is 9.54. The number of carbonyl (C=O) groups is 2. The van der Waals surface area contributed by atoms with Gasteiger partial charge in [0.15, 0.2) is 0 Å². The second-order valence-electron chi connectivity index (χ2n) is 8.20. The molecule has 0 atom stereocenters. The normalized spacial score (nSPS) is 13.9. The molecular weight excluding hydrogens is 474 g/mol. The van der Waals surface area contributed by atoms with Crippen LogP contribution in [0.25, 0.3) is 0 Å². The number of hydrogen-bond acceptors (Lipinski definition) is 7. The lowest BCUT2D eigenvalue weighted by molar-refractivity contribution is -0.113. The minimum absolute atomic E-state index is 0.0397. The van der Waals surface area contributed by atoms with Gasteiger partial charge in [0.1, 0.15) is 0 Å². The van der Waals surface area contributed by atoms with E-state index in [4.69, 9.17) is 16.0 Å². The van der Waals surface area contributed by atoms with Crippen molar-refractivity contribution in [3.63, 3.8) is 0 Å². The number of halogens is 1. The Hall–Kier alpha value is -3.04. The lowest BCUT2D eigenvalue weighted by Gasteiger charge is -2.36. The summed E-state index contributed by atoms with van der Waals surface area (Å²) in [5.41, 5.74) is 2.30. The van der Waals surface area contributed by atoms with Crippen molar-refractivity contribution >= 4 is 46.6 Å². The molecular formula is C24H26ClN5O3S. The summed E-state index contributed by atoms with van der Waals surface area (Å²) in [6, 6.07) is 14.8.